The number of nitrogens with zero attached hydrogens (tertiary/aromatic N) is 1. The summed E-state index contributed by atoms with van der Waals surface area (Å²) >= 11 is 1.67. The zero-order chi connectivity index (χ0) is 14.7. The van der Waals surface area contributed by atoms with Crippen LogP contribution in [0.1, 0.15) is 55.6 Å². The summed E-state index contributed by atoms with van der Waals surface area (Å²) in [7, 11) is 0. The molecule has 1 saturated heterocycles. The second-order valence-corrected chi connectivity index (χ2v) is 7.45. The number of rotatable bonds is 6. The zero-order valence-corrected chi connectivity index (χ0v) is 16.0. The monoisotopic (exact) mass is 379 g/mol. The molecule has 1 aliphatic carbocycles. The normalized spacial score (nSPS) is 21.7. The number of thiazole rings is 1. The Morgan fingerprint density at radius 1 is 1.43 bits per heavy atom. The van der Waals surface area contributed by atoms with Crippen molar-refractivity contribution < 1.29 is 4.79 Å². The van der Waals surface area contributed by atoms with Gasteiger partial charge in [0.15, 0.2) is 0 Å². The third kappa shape index (κ3) is 6.22. The highest BCUT2D eigenvalue weighted by Crippen LogP contribution is 2.40. The van der Waals surface area contributed by atoms with Gasteiger partial charge in [0.25, 0.3) is 0 Å². The highest BCUT2D eigenvalue weighted by Gasteiger charge is 2.26. The first-order chi connectivity index (χ1) is 10.2. The molecule has 2 unspecified atom stereocenters. The largest absolute Gasteiger partial charge is 0.350 e. The van der Waals surface area contributed by atoms with Gasteiger partial charge in [-0.1, -0.05) is 6.92 Å². The van der Waals surface area contributed by atoms with Crippen LogP contribution in [0.3, 0.4) is 0 Å². The second kappa shape index (κ2) is 9.82. The Balaban J connectivity index is 0.00000132. The molecule has 1 aromatic heterocycles. The van der Waals surface area contributed by atoms with E-state index in [9.17, 15) is 4.79 Å². The molecular weight excluding hydrogens is 353 g/mol. The van der Waals surface area contributed by atoms with Gasteiger partial charge in [-0.05, 0) is 50.6 Å². The number of halogens is 2. The van der Waals surface area contributed by atoms with E-state index in [1.807, 2.05) is 0 Å². The van der Waals surface area contributed by atoms with Gasteiger partial charge in [-0.15, -0.1) is 36.2 Å². The molecule has 1 aliphatic heterocycles. The van der Waals surface area contributed by atoms with Crippen LogP contribution >= 0.6 is 36.2 Å². The van der Waals surface area contributed by atoms with Crippen LogP contribution in [0, 0.1) is 11.8 Å². The van der Waals surface area contributed by atoms with E-state index in [1.165, 1.54) is 31.4 Å². The van der Waals surface area contributed by atoms with Crippen LogP contribution in [0.25, 0.3) is 0 Å². The van der Waals surface area contributed by atoms with Crippen LogP contribution in [0.2, 0.25) is 0 Å². The fourth-order valence-electron chi connectivity index (χ4n) is 3.04. The van der Waals surface area contributed by atoms with E-state index in [2.05, 4.69) is 27.9 Å². The van der Waals surface area contributed by atoms with Crippen molar-refractivity contribution >= 4 is 42.1 Å². The highest BCUT2D eigenvalue weighted by molar-refractivity contribution is 7.09. The average Bonchev–Trinajstić information content (AvgIpc) is 3.25. The Morgan fingerprint density at radius 3 is 2.87 bits per heavy atom. The fourth-order valence-corrected chi connectivity index (χ4v) is 3.86. The second-order valence-electron chi connectivity index (χ2n) is 6.50. The minimum Gasteiger partial charge on any atom is -0.350 e. The van der Waals surface area contributed by atoms with Crippen LogP contribution in [0.15, 0.2) is 5.38 Å². The van der Waals surface area contributed by atoms with E-state index >= 15 is 0 Å². The summed E-state index contributed by atoms with van der Waals surface area (Å²) in [4.78, 5) is 16.7. The third-order valence-corrected chi connectivity index (χ3v) is 5.52. The number of hydrogen-bond acceptors (Lipinski definition) is 4. The average molecular weight is 380 g/mol. The van der Waals surface area contributed by atoms with Crippen LogP contribution in [0.4, 0.5) is 0 Å². The van der Waals surface area contributed by atoms with Gasteiger partial charge in [0.05, 0.1) is 12.2 Å². The minimum absolute atomic E-state index is 0. The molecule has 2 aliphatic rings. The maximum atomic E-state index is 12.1. The SMILES string of the molecule is CC(CC(=O)NCc1nc(C2CC2)cs1)C1CCCNC1.Cl.Cl. The molecule has 4 nitrogen and oxygen atoms in total. The predicted octanol–water partition coefficient (Wildman–Crippen LogP) is 3.51. The van der Waals surface area contributed by atoms with Gasteiger partial charge in [0.2, 0.25) is 5.91 Å². The van der Waals surface area contributed by atoms with Crippen molar-refractivity contribution in [3.05, 3.63) is 16.1 Å². The summed E-state index contributed by atoms with van der Waals surface area (Å²) in [5.41, 5.74) is 1.23. The number of nitrogens with one attached hydrogen (secondary N) is 2. The maximum absolute atomic E-state index is 12.1. The molecule has 3 rings (SSSR count). The summed E-state index contributed by atoms with van der Waals surface area (Å²) in [5.74, 6) is 1.96. The topological polar surface area (TPSA) is 54.0 Å². The van der Waals surface area contributed by atoms with Gasteiger partial charge in [0.1, 0.15) is 5.01 Å². The Hall–Kier alpha value is -0.360. The Kier molecular flexibility index (Phi) is 8.83. The van der Waals surface area contributed by atoms with Crippen molar-refractivity contribution in [1.82, 2.24) is 15.6 Å². The molecule has 1 saturated carbocycles. The van der Waals surface area contributed by atoms with E-state index in [0.29, 0.717) is 30.7 Å². The molecule has 1 amide bonds. The standard InChI is InChI=1S/C16H25N3OS.2ClH/c1-11(13-3-2-6-17-8-13)7-15(20)18-9-16-19-14(10-21-16)12-4-5-12;;/h10-13,17H,2-9H2,1H3,(H,18,20);2*1H. The van der Waals surface area contributed by atoms with Gasteiger partial charge < -0.3 is 10.6 Å². The number of piperidine rings is 1. The lowest BCUT2D eigenvalue weighted by atomic mass is 9.85. The third-order valence-electron chi connectivity index (χ3n) is 4.65. The van der Waals surface area contributed by atoms with Crippen molar-refractivity contribution in [3.8, 4) is 0 Å². The molecule has 2 heterocycles. The summed E-state index contributed by atoms with van der Waals surface area (Å²) in [6.45, 7) is 4.98. The molecule has 2 fully saturated rings. The molecule has 23 heavy (non-hydrogen) atoms. The van der Waals surface area contributed by atoms with E-state index < -0.39 is 0 Å². The minimum atomic E-state index is 0. The first kappa shape index (κ1) is 20.7. The lowest BCUT2D eigenvalue weighted by Gasteiger charge is -2.27. The van der Waals surface area contributed by atoms with Crippen LogP contribution in [-0.2, 0) is 11.3 Å². The molecule has 7 heteroatoms. The van der Waals surface area contributed by atoms with Crippen LogP contribution in [-0.4, -0.2) is 24.0 Å². The van der Waals surface area contributed by atoms with Crippen molar-refractivity contribution in [2.75, 3.05) is 13.1 Å². The smallest absolute Gasteiger partial charge is 0.220 e. The zero-order valence-electron chi connectivity index (χ0n) is 13.5. The molecule has 0 spiro atoms. The quantitative estimate of drug-likeness (QED) is 0.794. The summed E-state index contributed by atoms with van der Waals surface area (Å²) < 4.78 is 0. The molecule has 1 aromatic rings. The molecule has 2 atom stereocenters. The van der Waals surface area contributed by atoms with Gasteiger partial charge in [0, 0.05) is 17.7 Å². The lowest BCUT2D eigenvalue weighted by Crippen LogP contribution is -2.35. The van der Waals surface area contributed by atoms with Gasteiger partial charge in [-0.3, -0.25) is 4.79 Å². The number of carbonyl (C=O) groups excluding carboxylic acids is 1. The number of hydrogen-bond donors (Lipinski definition) is 2. The Bertz CT molecular complexity index is 487. The van der Waals surface area contributed by atoms with E-state index in [-0.39, 0.29) is 30.7 Å². The highest BCUT2D eigenvalue weighted by atomic mass is 35.5. The van der Waals surface area contributed by atoms with Crippen molar-refractivity contribution in [2.45, 2.75) is 51.5 Å². The van der Waals surface area contributed by atoms with Crippen LogP contribution in [0.5, 0.6) is 0 Å². The Labute approximate surface area is 155 Å². The van der Waals surface area contributed by atoms with Gasteiger partial charge >= 0.3 is 0 Å². The fraction of sp³-hybridized carbons (Fsp3) is 0.750. The molecule has 2 N–H and O–H groups in total. The summed E-state index contributed by atoms with van der Waals surface area (Å²) in [6.07, 6.45) is 5.68. The molecule has 132 valence electrons. The first-order valence-electron chi connectivity index (χ1n) is 8.14. The number of amides is 1. The van der Waals surface area contributed by atoms with Gasteiger partial charge in [-0.2, -0.15) is 0 Å². The molecular formula is C16H27Cl2N3OS. The van der Waals surface area contributed by atoms with Crippen LogP contribution < -0.4 is 10.6 Å². The van der Waals surface area contributed by atoms with Gasteiger partial charge in [-0.25, -0.2) is 4.98 Å². The number of carbonyl (C=O) groups is 1. The Morgan fingerprint density at radius 2 is 2.22 bits per heavy atom. The maximum Gasteiger partial charge on any atom is 0.220 e. The van der Waals surface area contributed by atoms with E-state index in [4.69, 9.17) is 0 Å². The lowest BCUT2D eigenvalue weighted by molar-refractivity contribution is -0.122. The van der Waals surface area contributed by atoms with E-state index in [1.54, 1.807) is 11.3 Å². The van der Waals surface area contributed by atoms with Crippen molar-refractivity contribution in [3.63, 3.8) is 0 Å². The summed E-state index contributed by atoms with van der Waals surface area (Å²) in [6, 6.07) is 0. The van der Waals surface area contributed by atoms with E-state index in [0.717, 1.165) is 18.1 Å². The van der Waals surface area contributed by atoms with Crippen molar-refractivity contribution in [2.24, 2.45) is 11.8 Å². The van der Waals surface area contributed by atoms with Crippen molar-refractivity contribution in [1.29, 1.82) is 0 Å². The first-order valence-corrected chi connectivity index (χ1v) is 9.02. The summed E-state index contributed by atoms with van der Waals surface area (Å²) in [5, 5.41) is 9.64. The number of aromatic nitrogens is 1. The predicted molar refractivity (Wildman–Crippen MR) is 99.8 cm³/mol. The molecule has 0 radical (unpaired) electrons. The molecule has 0 bridgehead atoms. The molecule has 0 aromatic carbocycles.